The van der Waals surface area contributed by atoms with E-state index in [0.717, 1.165) is 11.1 Å². The van der Waals surface area contributed by atoms with Crippen molar-refractivity contribution in [3.63, 3.8) is 0 Å². The van der Waals surface area contributed by atoms with E-state index in [1.807, 2.05) is 45.0 Å². The molecule has 1 amide bonds. The van der Waals surface area contributed by atoms with Crippen LogP contribution in [-0.4, -0.2) is 18.2 Å². The molecular formula is C16H19NO2. The van der Waals surface area contributed by atoms with Crippen molar-refractivity contribution in [1.29, 1.82) is 0 Å². The Balaban J connectivity index is 2.42. The van der Waals surface area contributed by atoms with E-state index >= 15 is 0 Å². The number of amides is 1. The van der Waals surface area contributed by atoms with Gasteiger partial charge in [0.25, 0.3) is 0 Å². The van der Waals surface area contributed by atoms with E-state index < -0.39 is 11.7 Å². The van der Waals surface area contributed by atoms with Gasteiger partial charge in [-0.3, -0.25) is 0 Å². The lowest BCUT2D eigenvalue weighted by Gasteiger charge is -2.18. The van der Waals surface area contributed by atoms with Gasteiger partial charge < -0.3 is 10.1 Å². The molecule has 100 valence electrons. The molecule has 19 heavy (non-hydrogen) atoms. The first-order chi connectivity index (χ1) is 8.90. The van der Waals surface area contributed by atoms with Gasteiger partial charge >= 0.3 is 6.09 Å². The van der Waals surface area contributed by atoms with E-state index in [1.165, 1.54) is 0 Å². The maximum Gasteiger partial charge on any atom is 0.408 e. The summed E-state index contributed by atoms with van der Waals surface area (Å²) in [5.41, 5.74) is 1.46. The lowest BCUT2D eigenvalue weighted by molar-refractivity contribution is 0.0535. The Kier molecular flexibility index (Phi) is 5.20. The van der Waals surface area contributed by atoms with Gasteiger partial charge in [-0.1, -0.05) is 36.6 Å². The number of carbonyl (C=O) groups is 1. The molecule has 1 rings (SSSR count). The Morgan fingerprint density at radius 1 is 1.37 bits per heavy atom. The summed E-state index contributed by atoms with van der Waals surface area (Å²) in [6.07, 6.45) is 1.32. The summed E-state index contributed by atoms with van der Waals surface area (Å²) in [5.74, 6) is 5.83. The minimum Gasteiger partial charge on any atom is -0.444 e. The number of alkyl carbamates (subject to hydrolysis) is 1. The third-order valence-corrected chi connectivity index (χ3v) is 2.10. The van der Waals surface area contributed by atoms with Crippen LogP contribution < -0.4 is 5.32 Å². The van der Waals surface area contributed by atoms with E-state index in [-0.39, 0.29) is 6.54 Å². The molecule has 0 heterocycles. The second-order valence-corrected chi connectivity index (χ2v) is 4.98. The van der Waals surface area contributed by atoms with Crippen LogP contribution in [0.3, 0.4) is 0 Å². The van der Waals surface area contributed by atoms with Crippen LogP contribution in [0.2, 0.25) is 0 Å². The second kappa shape index (κ2) is 6.65. The van der Waals surface area contributed by atoms with E-state index in [2.05, 4.69) is 23.7 Å². The molecule has 0 aliphatic heterocycles. The van der Waals surface area contributed by atoms with Crippen molar-refractivity contribution in [1.82, 2.24) is 5.32 Å². The van der Waals surface area contributed by atoms with Gasteiger partial charge in [-0.25, -0.2) is 4.79 Å². The summed E-state index contributed by atoms with van der Waals surface area (Å²) in [6.45, 7) is 9.41. The third-order valence-electron chi connectivity index (χ3n) is 2.10. The summed E-state index contributed by atoms with van der Waals surface area (Å²) < 4.78 is 5.09. The predicted octanol–water partition coefficient (Wildman–Crippen LogP) is 3.21. The van der Waals surface area contributed by atoms with Crippen LogP contribution in [0.5, 0.6) is 0 Å². The summed E-state index contributed by atoms with van der Waals surface area (Å²) >= 11 is 0. The van der Waals surface area contributed by atoms with Gasteiger partial charge in [-0.15, -0.1) is 0 Å². The predicted molar refractivity (Wildman–Crippen MR) is 77.6 cm³/mol. The van der Waals surface area contributed by atoms with E-state index in [0.29, 0.717) is 0 Å². The van der Waals surface area contributed by atoms with Gasteiger partial charge in [0, 0.05) is 5.56 Å². The fourth-order valence-corrected chi connectivity index (χ4v) is 1.28. The molecule has 0 aromatic heterocycles. The van der Waals surface area contributed by atoms with E-state index in [4.69, 9.17) is 4.74 Å². The highest BCUT2D eigenvalue weighted by molar-refractivity contribution is 5.68. The maximum atomic E-state index is 11.3. The molecule has 0 aliphatic carbocycles. The molecule has 0 unspecified atom stereocenters. The molecular weight excluding hydrogens is 238 g/mol. The average molecular weight is 257 g/mol. The fourth-order valence-electron chi connectivity index (χ4n) is 1.28. The first-order valence-corrected chi connectivity index (χ1v) is 6.09. The van der Waals surface area contributed by atoms with Crippen LogP contribution in [0.25, 0.3) is 6.08 Å². The van der Waals surface area contributed by atoms with Gasteiger partial charge in [-0.2, -0.15) is 0 Å². The first-order valence-electron chi connectivity index (χ1n) is 6.09. The lowest BCUT2D eigenvalue weighted by Crippen LogP contribution is -2.32. The second-order valence-electron chi connectivity index (χ2n) is 4.98. The molecule has 0 radical (unpaired) electrons. The maximum absolute atomic E-state index is 11.3. The monoisotopic (exact) mass is 257 g/mol. The van der Waals surface area contributed by atoms with E-state index in [9.17, 15) is 4.79 Å². The zero-order valence-corrected chi connectivity index (χ0v) is 11.6. The molecule has 1 aromatic rings. The molecule has 3 nitrogen and oxygen atoms in total. The molecule has 1 N–H and O–H groups in total. The van der Waals surface area contributed by atoms with Crippen LogP contribution >= 0.6 is 0 Å². The fraction of sp³-hybridized carbons (Fsp3) is 0.312. The molecule has 0 spiro atoms. The normalized spacial score (nSPS) is 10.1. The molecule has 3 heteroatoms. The van der Waals surface area contributed by atoms with Crippen LogP contribution in [0.4, 0.5) is 4.79 Å². The van der Waals surface area contributed by atoms with Crippen molar-refractivity contribution in [3.8, 4) is 11.8 Å². The SMILES string of the molecule is C=Cc1ccc(C#CCNC(=O)OC(C)(C)C)cc1. The molecule has 0 aliphatic rings. The number of hydrogen-bond donors (Lipinski definition) is 1. The Labute approximate surface area is 114 Å². The Morgan fingerprint density at radius 2 is 2.00 bits per heavy atom. The topological polar surface area (TPSA) is 38.3 Å². The van der Waals surface area contributed by atoms with Crippen molar-refractivity contribution in [2.24, 2.45) is 0 Å². The molecule has 0 saturated carbocycles. The quantitative estimate of drug-likeness (QED) is 0.826. The molecule has 0 fully saturated rings. The number of carbonyl (C=O) groups excluding carboxylic acids is 1. The van der Waals surface area contributed by atoms with Crippen LogP contribution in [0.15, 0.2) is 30.8 Å². The Morgan fingerprint density at radius 3 is 2.53 bits per heavy atom. The standard InChI is InChI=1S/C16H19NO2/c1-5-13-8-10-14(11-9-13)7-6-12-17-15(18)19-16(2,3)4/h5,8-11H,1,12H2,2-4H3,(H,17,18). The van der Waals surface area contributed by atoms with Gasteiger partial charge in [-0.05, 0) is 38.5 Å². The van der Waals surface area contributed by atoms with Crippen molar-refractivity contribution in [2.45, 2.75) is 26.4 Å². The van der Waals surface area contributed by atoms with Gasteiger partial charge in [0.05, 0.1) is 6.54 Å². The van der Waals surface area contributed by atoms with Crippen molar-refractivity contribution in [3.05, 3.63) is 42.0 Å². The van der Waals surface area contributed by atoms with Gasteiger partial charge in [0.1, 0.15) is 5.60 Å². The van der Waals surface area contributed by atoms with Crippen LogP contribution in [0, 0.1) is 11.8 Å². The first kappa shape index (κ1) is 14.8. The van der Waals surface area contributed by atoms with E-state index in [1.54, 1.807) is 6.08 Å². The highest BCUT2D eigenvalue weighted by Gasteiger charge is 2.14. The zero-order valence-electron chi connectivity index (χ0n) is 11.6. The van der Waals surface area contributed by atoms with Crippen molar-refractivity contribution in [2.75, 3.05) is 6.54 Å². The molecule has 0 bridgehead atoms. The number of ether oxygens (including phenoxy) is 1. The minimum atomic E-state index is -0.488. The van der Waals surface area contributed by atoms with Gasteiger partial charge in [0.2, 0.25) is 0 Å². The smallest absolute Gasteiger partial charge is 0.408 e. The highest BCUT2D eigenvalue weighted by Crippen LogP contribution is 2.06. The summed E-state index contributed by atoms with van der Waals surface area (Å²) in [7, 11) is 0. The highest BCUT2D eigenvalue weighted by atomic mass is 16.6. The molecule has 0 saturated heterocycles. The molecule has 0 atom stereocenters. The Hall–Kier alpha value is -2.21. The number of benzene rings is 1. The van der Waals surface area contributed by atoms with Crippen molar-refractivity contribution >= 4 is 12.2 Å². The largest absolute Gasteiger partial charge is 0.444 e. The zero-order chi connectivity index (χ0) is 14.3. The minimum absolute atomic E-state index is 0.262. The number of nitrogens with one attached hydrogen (secondary N) is 1. The van der Waals surface area contributed by atoms with Crippen molar-refractivity contribution < 1.29 is 9.53 Å². The van der Waals surface area contributed by atoms with Gasteiger partial charge in [0.15, 0.2) is 0 Å². The summed E-state index contributed by atoms with van der Waals surface area (Å²) in [6, 6.07) is 7.71. The summed E-state index contributed by atoms with van der Waals surface area (Å²) in [5, 5.41) is 2.58. The summed E-state index contributed by atoms with van der Waals surface area (Å²) in [4.78, 5) is 11.3. The molecule has 1 aromatic carbocycles. The number of rotatable bonds is 2. The Bertz CT molecular complexity index is 498. The average Bonchev–Trinajstić information content (AvgIpc) is 2.33. The van der Waals surface area contributed by atoms with Crippen LogP contribution in [0.1, 0.15) is 31.9 Å². The third kappa shape index (κ3) is 6.32. The number of hydrogen-bond acceptors (Lipinski definition) is 2. The van der Waals surface area contributed by atoms with Crippen LogP contribution in [-0.2, 0) is 4.74 Å². The lowest BCUT2D eigenvalue weighted by atomic mass is 10.1.